The number of ketones is 1. The first kappa shape index (κ1) is 12.7. The van der Waals surface area contributed by atoms with Crippen molar-refractivity contribution in [3.8, 4) is 0 Å². The van der Waals surface area contributed by atoms with Crippen molar-refractivity contribution in [3.05, 3.63) is 23.0 Å². The van der Waals surface area contributed by atoms with Crippen LogP contribution in [0, 0.1) is 24.7 Å². The molecular weight excluding hydrogens is 246 g/mol. The average Bonchev–Trinajstić information content (AvgIpc) is 3.11. The van der Waals surface area contributed by atoms with Gasteiger partial charge in [0.05, 0.1) is 0 Å². The summed E-state index contributed by atoms with van der Waals surface area (Å²) in [6, 6.07) is 2.74. The Hall–Kier alpha value is -1.05. The van der Waals surface area contributed by atoms with E-state index in [0.717, 1.165) is 42.6 Å². The highest BCUT2D eigenvalue weighted by Gasteiger charge is 2.43. The van der Waals surface area contributed by atoms with Crippen molar-refractivity contribution < 1.29 is 4.79 Å². The zero-order valence-corrected chi connectivity index (χ0v) is 12.7. The second-order valence-electron chi connectivity index (χ2n) is 7.37. The van der Waals surface area contributed by atoms with Gasteiger partial charge < -0.3 is 4.57 Å². The van der Waals surface area contributed by atoms with Crippen molar-refractivity contribution in [1.29, 1.82) is 0 Å². The van der Waals surface area contributed by atoms with Gasteiger partial charge in [-0.15, -0.1) is 0 Å². The zero-order valence-electron chi connectivity index (χ0n) is 12.7. The van der Waals surface area contributed by atoms with E-state index in [1.165, 1.54) is 37.1 Å². The van der Waals surface area contributed by atoms with Crippen LogP contribution < -0.4 is 0 Å². The number of carbonyl (C=O) groups excluding carboxylic acids is 1. The molecule has 0 saturated heterocycles. The number of nitrogens with zero attached hydrogens (tertiary/aromatic N) is 1. The van der Waals surface area contributed by atoms with Crippen molar-refractivity contribution in [3.63, 3.8) is 0 Å². The van der Waals surface area contributed by atoms with Crippen LogP contribution in [0.1, 0.15) is 73.2 Å². The van der Waals surface area contributed by atoms with Gasteiger partial charge >= 0.3 is 0 Å². The molecule has 2 bridgehead atoms. The molecule has 0 radical (unpaired) electrons. The Morgan fingerprint density at radius 3 is 2.80 bits per heavy atom. The van der Waals surface area contributed by atoms with Gasteiger partial charge in [-0.25, -0.2) is 0 Å². The number of carbonyl (C=O) groups is 1. The largest absolute Gasteiger partial charge is 0.345 e. The summed E-state index contributed by atoms with van der Waals surface area (Å²) in [5, 5.41) is 0. The predicted molar refractivity (Wildman–Crippen MR) is 80.1 cm³/mol. The van der Waals surface area contributed by atoms with Crippen LogP contribution in [0.2, 0.25) is 0 Å². The van der Waals surface area contributed by atoms with Crippen LogP contribution in [0.3, 0.4) is 0 Å². The van der Waals surface area contributed by atoms with Crippen LogP contribution in [-0.2, 0) is 6.42 Å². The zero-order chi connectivity index (χ0) is 13.9. The van der Waals surface area contributed by atoms with Crippen molar-refractivity contribution in [2.75, 3.05) is 0 Å². The highest BCUT2D eigenvalue weighted by atomic mass is 16.1. The Morgan fingerprint density at radius 2 is 2.10 bits per heavy atom. The molecule has 0 spiro atoms. The van der Waals surface area contributed by atoms with Gasteiger partial charge in [0, 0.05) is 29.4 Å². The molecule has 3 aliphatic rings. The molecule has 20 heavy (non-hydrogen) atoms. The lowest BCUT2D eigenvalue weighted by molar-refractivity contribution is 0.0971. The minimum absolute atomic E-state index is 0.369. The number of fused-ring (bicyclic) bond motifs is 3. The summed E-state index contributed by atoms with van der Waals surface area (Å²) in [4.78, 5) is 12.1. The molecule has 0 aliphatic heterocycles. The lowest BCUT2D eigenvalue weighted by Crippen LogP contribution is -2.25. The van der Waals surface area contributed by atoms with Gasteiger partial charge in [-0.3, -0.25) is 4.79 Å². The molecule has 0 amide bonds. The normalized spacial score (nSPS) is 33.5. The molecule has 2 heteroatoms. The van der Waals surface area contributed by atoms with Crippen molar-refractivity contribution >= 4 is 5.78 Å². The van der Waals surface area contributed by atoms with E-state index in [9.17, 15) is 4.79 Å². The minimum Gasteiger partial charge on any atom is -0.345 e. The summed E-state index contributed by atoms with van der Waals surface area (Å²) >= 11 is 0. The van der Waals surface area contributed by atoms with Crippen LogP contribution in [0.4, 0.5) is 0 Å². The van der Waals surface area contributed by atoms with Crippen molar-refractivity contribution in [2.24, 2.45) is 17.8 Å². The van der Waals surface area contributed by atoms with E-state index < -0.39 is 0 Å². The number of aromatic nitrogens is 1. The van der Waals surface area contributed by atoms with Crippen LogP contribution in [0.15, 0.2) is 6.07 Å². The standard InChI is InChI=1S/C18H25NO/c1-11-8-16-17(4-3-5-18(16)20)19(11)12(2)15-10-13-6-7-14(15)9-13/h8,12-15H,3-7,9-10H2,1-2H3. The summed E-state index contributed by atoms with van der Waals surface area (Å²) in [6.45, 7) is 4.59. The fourth-order valence-electron chi connectivity index (χ4n) is 5.40. The maximum absolute atomic E-state index is 12.1. The number of rotatable bonds is 2. The Bertz CT molecular complexity index is 556. The van der Waals surface area contributed by atoms with Crippen molar-refractivity contribution in [2.45, 2.75) is 64.8 Å². The molecule has 0 aromatic carbocycles. The van der Waals surface area contributed by atoms with Gasteiger partial charge in [-0.05, 0) is 69.8 Å². The molecule has 4 rings (SSSR count). The molecular formula is C18H25NO. The number of hydrogen-bond acceptors (Lipinski definition) is 1. The Labute approximate surface area is 121 Å². The van der Waals surface area contributed by atoms with E-state index in [1.807, 2.05) is 0 Å². The molecule has 3 aliphatic carbocycles. The van der Waals surface area contributed by atoms with E-state index >= 15 is 0 Å². The fourth-order valence-corrected chi connectivity index (χ4v) is 5.40. The lowest BCUT2D eigenvalue weighted by Gasteiger charge is -2.32. The Morgan fingerprint density at radius 1 is 1.25 bits per heavy atom. The molecule has 0 N–H and O–H groups in total. The summed E-state index contributed by atoms with van der Waals surface area (Å²) in [5.41, 5.74) is 3.68. The van der Waals surface area contributed by atoms with Crippen LogP contribution in [0.25, 0.3) is 0 Å². The van der Waals surface area contributed by atoms with Gasteiger partial charge in [-0.1, -0.05) is 6.42 Å². The number of Topliss-reactive ketones (excluding diaryl/α,β-unsaturated/α-hetero) is 1. The van der Waals surface area contributed by atoms with Gasteiger partial charge in [0.2, 0.25) is 0 Å². The number of aryl methyl sites for hydroxylation is 1. The molecule has 2 saturated carbocycles. The summed E-state index contributed by atoms with van der Waals surface area (Å²) in [7, 11) is 0. The quantitative estimate of drug-likeness (QED) is 0.785. The van der Waals surface area contributed by atoms with E-state index in [1.54, 1.807) is 0 Å². The fraction of sp³-hybridized carbons (Fsp3) is 0.722. The third-order valence-electron chi connectivity index (χ3n) is 6.27. The third-order valence-corrected chi connectivity index (χ3v) is 6.27. The maximum atomic E-state index is 12.1. The first-order valence-electron chi connectivity index (χ1n) is 8.39. The molecule has 108 valence electrons. The third kappa shape index (κ3) is 1.73. The van der Waals surface area contributed by atoms with Crippen molar-refractivity contribution in [1.82, 2.24) is 4.57 Å². The molecule has 1 aromatic rings. The topological polar surface area (TPSA) is 22.0 Å². The maximum Gasteiger partial charge on any atom is 0.164 e. The van der Waals surface area contributed by atoms with Gasteiger partial charge in [-0.2, -0.15) is 0 Å². The second-order valence-corrected chi connectivity index (χ2v) is 7.37. The van der Waals surface area contributed by atoms with Gasteiger partial charge in [0.1, 0.15) is 0 Å². The summed E-state index contributed by atoms with van der Waals surface area (Å²) < 4.78 is 2.53. The number of hydrogen-bond donors (Lipinski definition) is 0. The van der Waals surface area contributed by atoms with E-state index in [4.69, 9.17) is 0 Å². The average molecular weight is 271 g/mol. The van der Waals surface area contributed by atoms with E-state index in [0.29, 0.717) is 11.8 Å². The molecule has 1 aromatic heterocycles. The SMILES string of the molecule is Cc1cc2c(n1C(C)C1CC3CCC1C3)CCCC2=O. The molecule has 2 fully saturated rings. The highest BCUT2D eigenvalue weighted by Crippen LogP contribution is 2.52. The van der Waals surface area contributed by atoms with Gasteiger partial charge in [0.15, 0.2) is 5.78 Å². The van der Waals surface area contributed by atoms with Crippen LogP contribution >= 0.6 is 0 Å². The monoisotopic (exact) mass is 271 g/mol. The summed E-state index contributed by atoms with van der Waals surface area (Å²) in [6.07, 6.45) is 8.69. The predicted octanol–water partition coefficient (Wildman–Crippen LogP) is 4.31. The van der Waals surface area contributed by atoms with E-state index in [-0.39, 0.29) is 0 Å². The van der Waals surface area contributed by atoms with Crippen LogP contribution in [-0.4, -0.2) is 10.4 Å². The second kappa shape index (κ2) is 4.47. The first-order valence-corrected chi connectivity index (χ1v) is 8.39. The van der Waals surface area contributed by atoms with Gasteiger partial charge in [0.25, 0.3) is 0 Å². The minimum atomic E-state index is 0.369. The molecule has 1 heterocycles. The highest BCUT2D eigenvalue weighted by molar-refractivity contribution is 5.98. The molecule has 2 nitrogen and oxygen atoms in total. The Balaban J connectivity index is 1.70. The molecule has 4 unspecified atom stereocenters. The Kier molecular flexibility index (Phi) is 2.84. The summed E-state index contributed by atoms with van der Waals surface area (Å²) in [5.74, 6) is 3.17. The molecule has 4 atom stereocenters. The first-order chi connectivity index (χ1) is 9.65. The van der Waals surface area contributed by atoms with Crippen LogP contribution in [0.5, 0.6) is 0 Å². The van der Waals surface area contributed by atoms with E-state index in [2.05, 4.69) is 24.5 Å². The smallest absolute Gasteiger partial charge is 0.164 e. The lowest BCUT2D eigenvalue weighted by atomic mass is 9.83.